The number of hydrogen-bond acceptors (Lipinski definition) is 2. The largest absolute Gasteiger partial charge is 0.385 e. The molecule has 0 saturated heterocycles. The first-order valence-corrected chi connectivity index (χ1v) is 4.60. The van der Waals surface area contributed by atoms with Crippen molar-refractivity contribution in [1.82, 2.24) is 5.32 Å². The van der Waals surface area contributed by atoms with Crippen LogP contribution in [0, 0.1) is 6.92 Å². The van der Waals surface area contributed by atoms with E-state index in [4.69, 9.17) is 0 Å². The predicted molar refractivity (Wildman–Crippen MR) is 58.9 cm³/mol. The van der Waals surface area contributed by atoms with Crippen molar-refractivity contribution in [2.75, 3.05) is 7.05 Å². The molecule has 1 aromatic carbocycles. The maximum Gasteiger partial charge on any atom is 0.166 e. The zero-order chi connectivity index (χ0) is 10.6. The van der Waals surface area contributed by atoms with Gasteiger partial charge in [0.1, 0.15) is 0 Å². The van der Waals surface area contributed by atoms with E-state index >= 15 is 0 Å². The van der Waals surface area contributed by atoms with Crippen LogP contribution in [-0.4, -0.2) is 13.3 Å². The van der Waals surface area contributed by atoms with Crippen molar-refractivity contribution in [3.05, 3.63) is 41.1 Å². The van der Waals surface area contributed by atoms with Gasteiger partial charge in [0.05, 0.1) is 5.70 Å². The quantitative estimate of drug-likeness (QED) is 0.583. The summed E-state index contributed by atoms with van der Waals surface area (Å²) in [6, 6.07) is 8.12. The summed E-state index contributed by atoms with van der Waals surface area (Å²) in [5, 5.41) is 2.88. The second-order valence-corrected chi connectivity index (χ2v) is 3.27. The molecule has 1 aromatic rings. The minimum Gasteiger partial charge on any atom is -0.385 e. The molecule has 0 aliphatic rings. The van der Waals surface area contributed by atoms with Crippen LogP contribution in [0.1, 0.15) is 18.1 Å². The molecule has 0 bridgehead atoms. The highest BCUT2D eigenvalue weighted by molar-refractivity contribution is 5.86. The van der Waals surface area contributed by atoms with E-state index in [1.54, 1.807) is 7.05 Å². The smallest absolute Gasteiger partial charge is 0.166 e. The van der Waals surface area contributed by atoms with Gasteiger partial charge in [-0.25, -0.2) is 0 Å². The van der Waals surface area contributed by atoms with Crippen molar-refractivity contribution in [2.45, 2.75) is 13.8 Å². The van der Waals surface area contributed by atoms with Crippen LogP contribution in [0.15, 0.2) is 30.0 Å². The maximum absolute atomic E-state index is 10.7. The number of carbonyl (C=O) groups excluding carboxylic acids is 1. The molecule has 0 aliphatic carbocycles. The fourth-order valence-corrected chi connectivity index (χ4v) is 1.29. The van der Waals surface area contributed by atoms with Gasteiger partial charge in [-0.05, 0) is 25.0 Å². The molecule has 0 aliphatic heterocycles. The van der Waals surface area contributed by atoms with E-state index in [9.17, 15) is 4.79 Å². The first-order valence-electron chi connectivity index (χ1n) is 4.60. The third kappa shape index (κ3) is 2.22. The Morgan fingerprint density at radius 1 is 1.29 bits per heavy atom. The Bertz CT molecular complexity index is 349. The lowest BCUT2D eigenvalue weighted by Gasteiger charge is -2.06. The monoisotopic (exact) mass is 189 g/mol. The SMILES string of the molecule is CN/C(C=O)=C(\C)c1ccc(C)cc1. The number of likely N-dealkylation sites (N-methyl/N-ethyl adjacent to an activating group) is 1. The Morgan fingerprint density at radius 2 is 1.86 bits per heavy atom. The van der Waals surface area contributed by atoms with Gasteiger partial charge < -0.3 is 5.32 Å². The Kier molecular flexibility index (Phi) is 3.46. The highest BCUT2D eigenvalue weighted by atomic mass is 16.1. The minimum absolute atomic E-state index is 0.633. The number of carbonyl (C=O) groups is 1. The first-order chi connectivity index (χ1) is 6.69. The molecule has 1 rings (SSSR count). The summed E-state index contributed by atoms with van der Waals surface area (Å²) < 4.78 is 0. The third-order valence-electron chi connectivity index (χ3n) is 2.28. The van der Waals surface area contributed by atoms with E-state index in [2.05, 4.69) is 5.32 Å². The van der Waals surface area contributed by atoms with Crippen molar-refractivity contribution < 1.29 is 4.79 Å². The van der Waals surface area contributed by atoms with Gasteiger partial charge >= 0.3 is 0 Å². The molecule has 0 heterocycles. The molecule has 74 valence electrons. The van der Waals surface area contributed by atoms with Crippen LogP contribution < -0.4 is 5.32 Å². The summed E-state index contributed by atoms with van der Waals surface area (Å²) in [4.78, 5) is 10.7. The lowest BCUT2D eigenvalue weighted by Crippen LogP contribution is -2.08. The molecule has 2 nitrogen and oxygen atoms in total. The summed E-state index contributed by atoms with van der Waals surface area (Å²) in [6.45, 7) is 3.98. The molecule has 0 amide bonds. The average Bonchev–Trinajstić information content (AvgIpc) is 2.20. The molecule has 14 heavy (non-hydrogen) atoms. The Hall–Kier alpha value is -1.57. The Morgan fingerprint density at radius 3 is 2.29 bits per heavy atom. The van der Waals surface area contributed by atoms with Gasteiger partial charge in [-0.3, -0.25) is 4.79 Å². The second-order valence-electron chi connectivity index (χ2n) is 3.27. The molecule has 0 radical (unpaired) electrons. The van der Waals surface area contributed by atoms with E-state index in [1.165, 1.54) is 5.56 Å². The third-order valence-corrected chi connectivity index (χ3v) is 2.28. The van der Waals surface area contributed by atoms with Gasteiger partial charge in [-0.2, -0.15) is 0 Å². The lowest BCUT2D eigenvalue weighted by atomic mass is 10.0. The molecule has 0 atom stereocenters. The van der Waals surface area contributed by atoms with Crippen LogP contribution >= 0.6 is 0 Å². The van der Waals surface area contributed by atoms with Gasteiger partial charge in [-0.1, -0.05) is 29.8 Å². The number of nitrogens with one attached hydrogen (secondary N) is 1. The molecule has 0 saturated carbocycles. The van der Waals surface area contributed by atoms with Crippen LogP contribution in [-0.2, 0) is 4.79 Å². The van der Waals surface area contributed by atoms with E-state index in [-0.39, 0.29) is 0 Å². The van der Waals surface area contributed by atoms with Gasteiger partial charge in [0.25, 0.3) is 0 Å². The number of rotatable bonds is 3. The molecule has 1 N–H and O–H groups in total. The van der Waals surface area contributed by atoms with Crippen molar-refractivity contribution in [3.8, 4) is 0 Å². The van der Waals surface area contributed by atoms with Gasteiger partial charge in [0.2, 0.25) is 0 Å². The minimum atomic E-state index is 0.633. The fourth-order valence-electron chi connectivity index (χ4n) is 1.29. The molecule has 0 fully saturated rings. The summed E-state index contributed by atoms with van der Waals surface area (Å²) in [5.41, 5.74) is 3.90. The van der Waals surface area contributed by atoms with E-state index < -0.39 is 0 Å². The number of aldehydes is 1. The average molecular weight is 189 g/mol. The zero-order valence-electron chi connectivity index (χ0n) is 8.79. The number of aryl methyl sites for hydroxylation is 1. The fraction of sp³-hybridized carbons (Fsp3) is 0.250. The highest BCUT2D eigenvalue weighted by Crippen LogP contribution is 2.16. The molecule has 2 heteroatoms. The lowest BCUT2D eigenvalue weighted by molar-refractivity contribution is -0.105. The van der Waals surface area contributed by atoms with E-state index in [0.29, 0.717) is 5.70 Å². The Balaban J connectivity index is 3.10. The number of hydrogen-bond donors (Lipinski definition) is 1. The molecule has 0 unspecified atom stereocenters. The Labute approximate surface area is 84.6 Å². The molecule has 0 aromatic heterocycles. The summed E-state index contributed by atoms with van der Waals surface area (Å²) in [5.74, 6) is 0. The normalized spacial score (nSPS) is 11.9. The maximum atomic E-state index is 10.7. The second kappa shape index (κ2) is 4.61. The number of benzene rings is 1. The topological polar surface area (TPSA) is 29.1 Å². The first kappa shape index (κ1) is 10.5. The van der Waals surface area contributed by atoms with Crippen LogP contribution in [0.25, 0.3) is 5.57 Å². The van der Waals surface area contributed by atoms with Gasteiger partial charge in [-0.15, -0.1) is 0 Å². The van der Waals surface area contributed by atoms with Gasteiger partial charge in [0, 0.05) is 7.05 Å². The molecular weight excluding hydrogens is 174 g/mol. The van der Waals surface area contributed by atoms with E-state index in [0.717, 1.165) is 17.4 Å². The van der Waals surface area contributed by atoms with Crippen molar-refractivity contribution in [2.24, 2.45) is 0 Å². The van der Waals surface area contributed by atoms with Crippen molar-refractivity contribution >= 4 is 11.9 Å². The number of allylic oxidation sites excluding steroid dienone is 2. The van der Waals surface area contributed by atoms with Crippen LogP contribution in [0.2, 0.25) is 0 Å². The van der Waals surface area contributed by atoms with Crippen LogP contribution in [0.4, 0.5) is 0 Å². The van der Waals surface area contributed by atoms with E-state index in [1.807, 2.05) is 38.1 Å². The van der Waals surface area contributed by atoms with Crippen LogP contribution in [0.5, 0.6) is 0 Å². The molecule has 0 spiro atoms. The summed E-state index contributed by atoms with van der Waals surface area (Å²) in [6.07, 6.45) is 0.842. The van der Waals surface area contributed by atoms with Crippen molar-refractivity contribution in [3.63, 3.8) is 0 Å². The zero-order valence-corrected chi connectivity index (χ0v) is 8.79. The summed E-state index contributed by atoms with van der Waals surface area (Å²) >= 11 is 0. The summed E-state index contributed by atoms with van der Waals surface area (Å²) in [7, 11) is 1.75. The van der Waals surface area contributed by atoms with Crippen LogP contribution in [0.3, 0.4) is 0 Å². The van der Waals surface area contributed by atoms with Crippen molar-refractivity contribution in [1.29, 1.82) is 0 Å². The highest BCUT2D eigenvalue weighted by Gasteiger charge is 2.01. The standard InChI is InChI=1S/C12H15NO/c1-9-4-6-11(7-5-9)10(2)12(8-14)13-3/h4-8,13H,1-3H3/b12-10+. The molecular formula is C12H15NO. The van der Waals surface area contributed by atoms with Gasteiger partial charge in [0.15, 0.2) is 6.29 Å². The predicted octanol–water partition coefficient (Wildman–Crippen LogP) is 2.14.